The molecule has 5 rings (SSSR count). The number of nitrogens with one attached hydrogen (secondary N) is 2. The molecule has 8 heteroatoms. The van der Waals surface area contributed by atoms with Crippen molar-refractivity contribution >= 4 is 28.9 Å². The van der Waals surface area contributed by atoms with Crippen LogP contribution in [0.5, 0.6) is 5.75 Å². The number of nitrogens with zero attached hydrogens (tertiary/aromatic N) is 3. The highest BCUT2D eigenvalue weighted by Gasteiger charge is 2.41. The largest absolute Gasteiger partial charge is 0.497 e. The number of para-hydroxylation sites is 1. The van der Waals surface area contributed by atoms with Crippen molar-refractivity contribution in [2.45, 2.75) is 32.4 Å². The van der Waals surface area contributed by atoms with Crippen LogP contribution < -0.4 is 15.4 Å². The first-order chi connectivity index (χ1) is 18.5. The first-order valence-corrected chi connectivity index (χ1v) is 13.0. The standard InChI is InChI=1S/C30H31N5O2S/c1-20-19-25(21(2)35(20)23-12-14-24(37-3)15-13-23)29-28(26-11-7-8-17-31-26)33-30(38)34(29)18-16-27(36)32-22-9-5-4-6-10-22/h4-15,17,19,28-29H,16,18H2,1-3H3,(H,32,36)(H,33,38). The molecule has 4 aromatic rings. The van der Waals surface area contributed by atoms with Crippen LogP contribution in [0, 0.1) is 13.8 Å². The van der Waals surface area contributed by atoms with Crippen LogP contribution in [0.2, 0.25) is 0 Å². The Hall–Kier alpha value is -4.17. The van der Waals surface area contributed by atoms with Gasteiger partial charge in [-0.15, -0.1) is 0 Å². The lowest BCUT2D eigenvalue weighted by atomic mass is 9.96. The van der Waals surface area contributed by atoms with Crippen LogP contribution in [0.1, 0.15) is 41.1 Å². The van der Waals surface area contributed by atoms with Crippen molar-refractivity contribution < 1.29 is 9.53 Å². The normalized spacial score (nSPS) is 16.8. The Bertz CT molecular complexity index is 1420. The van der Waals surface area contributed by atoms with Crippen LogP contribution in [-0.4, -0.2) is 39.1 Å². The predicted molar refractivity (Wildman–Crippen MR) is 154 cm³/mol. The third kappa shape index (κ3) is 5.13. The zero-order chi connectivity index (χ0) is 26.6. The van der Waals surface area contributed by atoms with Crippen molar-refractivity contribution in [1.82, 2.24) is 19.8 Å². The van der Waals surface area contributed by atoms with E-state index >= 15 is 0 Å². The molecule has 0 saturated carbocycles. The molecule has 2 aromatic carbocycles. The van der Waals surface area contributed by atoms with Gasteiger partial charge in [-0.3, -0.25) is 9.78 Å². The Kier molecular flexibility index (Phi) is 7.42. The van der Waals surface area contributed by atoms with Gasteiger partial charge in [-0.05, 0) is 86.2 Å². The minimum absolute atomic E-state index is 0.0530. The molecule has 1 amide bonds. The molecular formula is C30H31N5O2S. The topological polar surface area (TPSA) is 71.4 Å². The molecule has 7 nitrogen and oxygen atoms in total. The second-order valence-corrected chi connectivity index (χ2v) is 9.73. The molecule has 1 fully saturated rings. The summed E-state index contributed by atoms with van der Waals surface area (Å²) in [7, 11) is 1.67. The van der Waals surface area contributed by atoms with Gasteiger partial charge >= 0.3 is 0 Å². The number of aromatic nitrogens is 2. The first-order valence-electron chi connectivity index (χ1n) is 12.6. The average molecular weight is 526 g/mol. The fourth-order valence-electron chi connectivity index (χ4n) is 5.17. The minimum Gasteiger partial charge on any atom is -0.497 e. The summed E-state index contributed by atoms with van der Waals surface area (Å²) in [5.41, 5.74) is 6.12. The number of rotatable bonds is 8. The van der Waals surface area contributed by atoms with E-state index in [9.17, 15) is 4.79 Å². The van der Waals surface area contributed by atoms with Gasteiger partial charge in [0, 0.05) is 41.9 Å². The Morgan fingerprint density at radius 3 is 2.47 bits per heavy atom. The zero-order valence-electron chi connectivity index (χ0n) is 21.7. The van der Waals surface area contributed by atoms with Gasteiger partial charge < -0.3 is 24.8 Å². The number of amides is 1. The van der Waals surface area contributed by atoms with Gasteiger partial charge in [0.1, 0.15) is 5.75 Å². The maximum Gasteiger partial charge on any atom is 0.226 e. The van der Waals surface area contributed by atoms with E-state index in [4.69, 9.17) is 17.0 Å². The second-order valence-electron chi connectivity index (χ2n) is 9.34. The molecule has 1 saturated heterocycles. The number of pyridine rings is 1. The number of aryl methyl sites for hydroxylation is 1. The van der Waals surface area contributed by atoms with E-state index in [-0.39, 0.29) is 18.0 Å². The Morgan fingerprint density at radius 1 is 1.05 bits per heavy atom. The molecule has 1 aliphatic heterocycles. The highest BCUT2D eigenvalue weighted by atomic mass is 32.1. The van der Waals surface area contributed by atoms with Crippen molar-refractivity contribution in [2.24, 2.45) is 0 Å². The van der Waals surface area contributed by atoms with Gasteiger partial charge in [0.05, 0.1) is 24.9 Å². The average Bonchev–Trinajstić information content (AvgIpc) is 3.42. The summed E-state index contributed by atoms with van der Waals surface area (Å²) >= 11 is 5.81. The number of methoxy groups -OCH3 is 1. The van der Waals surface area contributed by atoms with E-state index in [1.54, 1.807) is 13.3 Å². The number of hydrogen-bond acceptors (Lipinski definition) is 4. The number of carbonyl (C=O) groups is 1. The Balaban J connectivity index is 1.47. The van der Waals surface area contributed by atoms with Crippen molar-refractivity contribution in [2.75, 3.05) is 19.0 Å². The monoisotopic (exact) mass is 525 g/mol. The van der Waals surface area contributed by atoms with E-state index < -0.39 is 0 Å². The molecule has 0 spiro atoms. The number of carbonyl (C=O) groups excluding carboxylic acids is 1. The molecule has 0 radical (unpaired) electrons. The summed E-state index contributed by atoms with van der Waals surface area (Å²) in [5, 5.41) is 7.09. The third-order valence-electron chi connectivity index (χ3n) is 6.95. The molecule has 38 heavy (non-hydrogen) atoms. The summed E-state index contributed by atoms with van der Waals surface area (Å²) in [6.45, 7) is 4.71. The minimum atomic E-state index is -0.147. The summed E-state index contributed by atoms with van der Waals surface area (Å²) in [6.07, 6.45) is 2.10. The quantitative estimate of drug-likeness (QED) is 0.296. The molecule has 0 bridgehead atoms. The molecule has 2 atom stereocenters. The smallest absolute Gasteiger partial charge is 0.226 e. The van der Waals surface area contributed by atoms with Gasteiger partial charge in [0.2, 0.25) is 5.91 Å². The lowest BCUT2D eigenvalue weighted by molar-refractivity contribution is -0.116. The van der Waals surface area contributed by atoms with Crippen LogP contribution in [0.4, 0.5) is 5.69 Å². The summed E-state index contributed by atoms with van der Waals surface area (Å²) in [4.78, 5) is 19.6. The van der Waals surface area contributed by atoms with Crippen molar-refractivity contribution in [3.05, 3.63) is 108 Å². The maximum absolute atomic E-state index is 12.8. The van der Waals surface area contributed by atoms with E-state index in [2.05, 4.69) is 57.1 Å². The summed E-state index contributed by atoms with van der Waals surface area (Å²) in [6, 6.07) is 25.4. The highest BCUT2D eigenvalue weighted by molar-refractivity contribution is 7.80. The first kappa shape index (κ1) is 25.5. The molecular weight excluding hydrogens is 494 g/mol. The van der Waals surface area contributed by atoms with Crippen LogP contribution in [0.25, 0.3) is 5.69 Å². The predicted octanol–water partition coefficient (Wildman–Crippen LogP) is 5.50. The lowest BCUT2D eigenvalue weighted by Crippen LogP contribution is -2.32. The van der Waals surface area contributed by atoms with Gasteiger partial charge in [-0.1, -0.05) is 24.3 Å². The number of ether oxygens (including phenoxy) is 1. The Morgan fingerprint density at radius 2 is 1.79 bits per heavy atom. The van der Waals surface area contributed by atoms with E-state index in [1.807, 2.05) is 60.7 Å². The number of benzene rings is 2. The highest BCUT2D eigenvalue weighted by Crippen LogP contribution is 2.41. The SMILES string of the molecule is COc1ccc(-n2c(C)cc(C3C(c4ccccn4)NC(=S)N3CCC(=O)Nc3ccccc3)c2C)cc1. The fourth-order valence-corrected chi connectivity index (χ4v) is 5.50. The molecule has 0 aliphatic carbocycles. The van der Waals surface area contributed by atoms with Crippen LogP contribution in [0.15, 0.2) is 85.1 Å². The van der Waals surface area contributed by atoms with Gasteiger partial charge in [-0.25, -0.2) is 0 Å². The van der Waals surface area contributed by atoms with Crippen molar-refractivity contribution in [3.63, 3.8) is 0 Å². The van der Waals surface area contributed by atoms with E-state index in [0.717, 1.165) is 39.8 Å². The van der Waals surface area contributed by atoms with Crippen molar-refractivity contribution in [1.29, 1.82) is 0 Å². The van der Waals surface area contributed by atoms with Crippen LogP contribution >= 0.6 is 12.2 Å². The Labute approximate surface area is 228 Å². The number of hydrogen-bond donors (Lipinski definition) is 2. The zero-order valence-corrected chi connectivity index (χ0v) is 22.5. The van der Waals surface area contributed by atoms with Crippen LogP contribution in [-0.2, 0) is 4.79 Å². The van der Waals surface area contributed by atoms with E-state index in [1.165, 1.54) is 0 Å². The van der Waals surface area contributed by atoms with Gasteiger partial charge in [0.25, 0.3) is 0 Å². The molecule has 2 N–H and O–H groups in total. The lowest BCUT2D eigenvalue weighted by Gasteiger charge is -2.28. The molecule has 194 valence electrons. The van der Waals surface area contributed by atoms with Gasteiger partial charge in [0.15, 0.2) is 5.11 Å². The summed E-state index contributed by atoms with van der Waals surface area (Å²) in [5.74, 6) is 0.764. The second kappa shape index (κ2) is 11.1. The molecule has 2 aromatic heterocycles. The van der Waals surface area contributed by atoms with Crippen molar-refractivity contribution in [3.8, 4) is 11.4 Å². The van der Waals surface area contributed by atoms with E-state index in [0.29, 0.717) is 18.1 Å². The number of thiocarbonyl (C=S) groups is 1. The maximum atomic E-state index is 12.8. The number of anilines is 1. The molecule has 2 unspecified atom stereocenters. The van der Waals surface area contributed by atoms with Crippen LogP contribution in [0.3, 0.4) is 0 Å². The third-order valence-corrected chi connectivity index (χ3v) is 7.31. The fraction of sp³-hybridized carbons (Fsp3) is 0.233. The summed E-state index contributed by atoms with van der Waals surface area (Å²) < 4.78 is 7.59. The van der Waals surface area contributed by atoms with Gasteiger partial charge in [-0.2, -0.15) is 0 Å². The molecule has 1 aliphatic rings. The molecule has 3 heterocycles.